The summed E-state index contributed by atoms with van der Waals surface area (Å²) >= 11 is 3.67. The third-order valence-electron chi connectivity index (χ3n) is 4.40. The van der Waals surface area contributed by atoms with Gasteiger partial charge in [-0.1, -0.05) is 6.92 Å². The van der Waals surface area contributed by atoms with Gasteiger partial charge in [-0.3, -0.25) is 4.68 Å². The Morgan fingerprint density at radius 1 is 1.38 bits per heavy atom. The van der Waals surface area contributed by atoms with Crippen LogP contribution in [0.3, 0.4) is 0 Å². The molecule has 0 aromatic carbocycles. The highest BCUT2D eigenvalue weighted by Gasteiger charge is 2.28. The Balaban J connectivity index is 2.16. The first kappa shape index (κ1) is 16.9. The van der Waals surface area contributed by atoms with E-state index in [-0.39, 0.29) is 0 Å². The standard InChI is InChI=1S/C15H28BrN5/c1-5-17-14(15-13(16)10-18-21(15)6-2)9-12-11-19(3)7-8-20(12)4/h10,12,14,17H,5-9,11H2,1-4H3. The highest BCUT2D eigenvalue weighted by atomic mass is 79.9. The number of hydrogen-bond donors (Lipinski definition) is 1. The minimum Gasteiger partial charge on any atom is -0.309 e. The minimum atomic E-state index is 0.339. The molecule has 2 heterocycles. The molecule has 2 rings (SSSR count). The zero-order valence-electron chi connectivity index (χ0n) is 13.6. The summed E-state index contributed by atoms with van der Waals surface area (Å²) in [6, 6.07) is 0.922. The molecule has 0 saturated carbocycles. The molecule has 1 aromatic heterocycles. The van der Waals surface area contributed by atoms with E-state index in [9.17, 15) is 0 Å². The normalized spacial score (nSPS) is 22.6. The number of hydrogen-bond acceptors (Lipinski definition) is 4. The Bertz CT molecular complexity index is 447. The molecule has 1 fully saturated rings. The van der Waals surface area contributed by atoms with Crippen LogP contribution in [0, 0.1) is 0 Å². The molecule has 120 valence electrons. The fourth-order valence-corrected chi connectivity index (χ4v) is 3.71. The van der Waals surface area contributed by atoms with Gasteiger partial charge in [0.1, 0.15) is 0 Å². The third kappa shape index (κ3) is 4.06. The van der Waals surface area contributed by atoms with E-state index in [1.807, 2.05) is 6.20 Å². The van der Waals surface area contributed by atoms with Crippen LogP contribution in [0.15, 0.2) is 10.7 Å². The maximum absolute atomic E-state index is 4.47. The largest absolute Gasteiger partial charge is 0.309 e. The van der Waals surface area contributed by atoms with E-state index in [4.69, 9.17) is 0 Å². The smallest absolute Gasteiger partial charge is 0.0696 e. The number of halogens is 1. The predicted molar refractivity (Wildman–Crippen MR) is 90.6 cm³/mol. The maximum atomic E-state index is 4.47. The van der Waals surface area contributed by atoms with Gasteiger partial charge in [0.25, 0.3) is 0 Å². The summed E-state index contributed by atoms with van der Waals surface area (Å²) < 4.78 is 3.21. The van der Waals surface area contributed by atoms with E-state index in [1.54, 1.807) is 0 Å². The summed E-state index contributed by atoms with van der Waals surface area (Å²) in [4.78, 5) is 4.92. The molecule has 1 aromatic rings. The molecule has 1 aliphatic rings. The molecule has 5 nitrogen and oxygen atoms in total. The van der Waals surface area contributed by atoms with Crippen LogP contribution in [0.2, 0.25) is 0 Å². The summed E-state index contributed by atoms with van der Waals surface area (Å²) in [5.41, 5.74) is 1.28. The monoisotopic (exact) mass is 357 g/mol. The second-order valence-electron chi connectivity index (χ2n) is 5.94. The number of rotatable bonds is 6. The van der Waals surface area contributed by atoms with Crippen molar-refractivity contribution in [3.05, 3.63) is 16.4 Å². The molecule has 0 aliphatic carbocycles. The number of likely N-dealkylation sites (N-methyl/N-ethyl adjacent to an activating group) is 2. The zero-order valence-corrected chi connectivity index (χ0v) is 15.2. The van der Waals surface area contributed by atoms with Crippen molar-refractivity contribution >= 4 is 15.9 Å². The minimum absolute atomic E-state index is 0.339. The van der Waals surface area contributed by atoms with Crippen molar-refractivity contribution < 1.29 is 0 Å². The molecule has 0 bridgehead atoms. The summed E-state index contributed by atoms with van der Waals surface area (Å²) in [6.45, 7) is 9.64. The zero-order chi connectivity index (χ0) is 15.4. The van der Waals surface area contributed by atoms with Gasteiger partial charge in [0.15, 0.2) is 0 Å². The van der Waals surface area contributed by atoms with Crippen LogP contribution in [0.1, 0.15) is 32.0 Å². The van der Waals surface area contributed by atoms with Crippen molar-refractivity contribution in [2.45, 2.75) is 38.9 Å². The quantitative estimate of drug-likeness (QED) is 0.844. The SMILES string of the molecule is CCNC(CC1CN(C)CCN1C)c1c(Br)cnn1CC. The predicted octanol–water partition coefficient (Wildman–Crippen LogP) is 1.95. The summed E-state index contributed by atoms with van der Waals surface area (Å²) in [5.74, 6) is 0. The molecule has 2 unspecified atom stereocenters. The average Bonchev–Trinajstić information content (AvgIpc) is 2.83. The second kappa shape index (κ2) is 7.72. The molecular formula is C15H28BrN5. The lowest BCUT2D eigenvalue weighted by molar-refractivity contribution is 0.100. The molecule has 6 heteroatoms. The fraction of sp³-hybridized carbons (Fsp3) is 0.800. The van der Waals surface area contributed by atoms with Crippen LogP contribution >= 0.6 is 15.9 Å². The van der Waals surface area contributed by atoms with Gasteiger partial charge in [-0.25, -0.2) is 0 Å². The number of nitrogens with zero attached hydrogens (tertiary/aromatic N) is 4. The van der Waals surface area contributed by atoms with Crippen molar-refractivity contribution in [3.8, 4) is 0 Å². The lowest BCUT2D eigenvalue weighted by Crippen LogP contribution is -2.51. The molecule has 21 heavy (non-hydrogen) atoms. The third-order valence-corrected chi connectivity index (χ3v) is 5.01. The van der Waals surface area contributed by atoms with Crippen LogP contribution in [0.4, 0.5) is 0 Å². The Morgan fingerprint density at radius 2 is 2.14 bits per heavy atom. The highest BCUT2D eigenvalue weighted by molar-refractivity contribution is 9.10. The Hall–Kier alpha value is -0.430. The molecule has 0 amide bonds. The maximum Gasteiger partial charge on any atom is 0.0696 e. The van der Waals surface area contributed by atoms with E-state index in [1.165, 1.54) is 5.69 Å². The summed E-state index contributed by atoms with van der Waals surface area (Å²) in [5, 5.41) is 8.12. The van der Waals surface area contributed by atoms with Gasteiger partial charge in [-0.05, 0) is 49.9 Å². The van der Waals surface area contributed by atoms with Gasteiger partial charge >= 0.3 is 0 Å². The van der Waals surface area contributed by atoms with E-state index in [0.29, 0.717) is 12.1 Å². The molecule has 1 saturated heterocycles. The highest BCUT2D eigenvalue weighted by Crippen LogP contribution is 2.28. The number of nitrogens with one attached hydrogen (secondary N) is 1. The Labute approximate surface area is 136 Å². The molecular weight excluding hydrogens is 330 g/mol. The van der Waals surface area contributed by atoms with Gasteiger partial charge in [0.2, 0.25) is 0 Å². The summed E-state index contributed by atoms with van der Waals surface area (Å²) in [7, 11) is 4.46. The lowest BCUT2D eigenvalue weighted by atomic mass is 10.0. The van der Waals surface area contributed by atoms with Crippen LogP contribution < -0.4 is 5.32 Å². The van der Waals surface area contributed by atoms with Crippen LogP contribution in [0.5, 0.6) is 0 Å². The lowest BCUT2D eigenvalue weighted by Gasteiger charge is -2.39. The van der Waals surface area contributed by atoms with E-state index < -0.39 is 0 Å². The van der Waals surface area contributed by atoms with Gasteiger partial charge in [-0.2, -0.15) is 5.10 Å². The average molecular weight is 358 g/mol. The van der Waals surface area contributed by atoms with E-state index >= 15 is 0 Å². The van der Waals surface area contributed by atoms with Crippen LogP contribution in [-0.2, 0) is 6.54 Å². The number of aromatic nitrogens is 2. The molecule has 0 spiro atoms. The topological polar surface area (TPSA) is 36.3 Å². The molecule has 0 radical (unpaired) electrons. The first-order chi connectivity index (χ1) is 10.1. The van der Waals surface area contributed by atoms with Crippen molar-refractivity contribution in [2.75, 3.05) is 40.3 Å². The first-order valence-electron chi connectivity index (χ1n) is 7.90. The Morgan fingerprint density at radius 3 is 2.81 bits per heavy atom. The number of piperazine rings is 1. The Kier molecular flexibility index (Phi) is 6.22. The van der Waals surface area contributed by atoms with Crippen molar-refractivity contribution in [2.24, 2.45) is 0 Å². The van der Waals surface area contributed by atoms with Crippen molar-refractivity contribution in [1.82, 2.24) is 24.9 Å². The van der Waals surface area contributed by atoms with Crippen LogP contribution in [-0.4, -0.2) is 65.9 Å². The van der Waals surface area contributed by atoms with E-state index in [0.717, 1.165) is 43.6 Å². The first-order valence-corrected chi connectivity index (χ1v) is 8.69. The fourth-order valence-electron chi connectivity index (χ4n) is 3.14. The van der Waals surface area contributed by atoms with Gasteiger partial charge in [-0.15, -0.1) is 0 Å². The van der Waals surface area contributed by atoms with Gasteiger partial charge in [0, 0.05) is 32.2 Å². The summed E-state index contributed by atoms with van der Waals surface area (Å²) in [6.07, 6.45) is 3.03. The van der Waals surface area contributed by atoms with Crippen molar-refractivity contribution in [1.29, 1.82) is 0 Å². The molecule has 1 N–H and O–H groups in total. The van der Waals surface area contributed by atoms with Gasteiger partial charge in [0.05, 0.1) is 22.4 Å². The van der Waals surface area contributed by atoms with Gasteiger partial charge < -0.3 is 15.1 Å². The van der Waals surface area contributed by atoms with Crippen LogP contribution in [0.25, 0.3) is 0 Å². The number of aryl methyl sites for hydroxylation is 1. The molecule has 1 aliphatic heterocycles. The van der Waals surface area contributed by atoms with E-state index in [2.05, 4.69) is 68.8 Å². The second-order valence-corrected chi connectivity index (χ2v) is 6.79. The molecule has 2 atom stereocenters. The van der Waals surface area contributed by atoms with Crippen molar-refractivity contribution in [3.63, 3.8) is 0 Å².